The van der Waals surface area contributed by atoms with Crippen LogP contribution in [0.5, 0.6) is 0 Å². The van der Waals surface area contributed by atoms with E-state index in [4.69, 9.17) is 23.2 Å². The molecule has 2 aliphatic carbocycles. The lowest BCUT2D eigenvalue weighted by Crippen LogP contribution is -2.33. The molecule has 2 saturated carbocycles. The Balaban J connectivity index is 0.000000203. The average molecular weight is 800 g/mol. The average Bonchev–Trinajstić information content (AvgIpc) is 3.04. The monoisotopic (exact) mass is 797 g/mol. The van der Waals surface area contributed by atoms with Crippen molar-refractivity contribution >= 4 is 67.4 Å². The summed E-state index contributed by atoms with van der Waals surface area (Å²) in [5.41, 5.74) is -0.163. The van der Waals surface area contributed by atoms with Gasteiger partial charge in [0.1, 0.15) is 27.8 Å². The van der Waals surface area contributed by atoms with E-state index in [0.29, 0.717) is 33.1 Å². The topological polar surface area (TPSA) is 158 Å². The zero-order chi connectivity index (χ0) is 36.8. The van der Waals surface area contributed by atoms with Crippen LogP contribution in [0.2, 0.25) is 10.3 Å². The number of fused-ring (bicyclic) bond motifs is 1. The standard InChI is InChI=1S/C23H29N5O3.C9H10ClNO.C5H3BrClN/c1-22(2,3)27-20-19-15(6-10-28(11-12-29)21(19)30)13-18(26-20)25-17-14-16(5-9-24-17)23(31)7-4-8-23;10-8-6-7(2-5-11-8)9(12)3-1-4-9;6-4-1-2-8-5(7)3-4/h5-6,9-10,13-14,29,31H,4,7-8,11-12H2,1-3H3,(H2,24,25,26,27);2,5-6,12H,1,3-4H2;1-3H. The number of rotatable bonds is 7. The molecule has 2 fully saturated rings. The quantitative estimate of drug-likeness (QED) is 0.103. The van der Waals surface area contributed by atoms with Crippen molar-refractivity contribution in [3.05, 3.63) is 110 Å². The molecule has 0 aromatic carbocycles. The van der Waals surface area contributed by atoms with Gasteiger partial charge in [-0.15, -0.1) is 0 Å². The molecule has 5 N–H and O–H groups in total. The second kappa shape index (κ2) is 16.4. The minimum atomic E-state index is -0.771. The molecule has 0 aliphatic heterocycles. The number of aliphatic hydroxyl groups is 3. The van der Waals surface area contributed by atoms with E-state index >= 15 is 0 Å². The van der Waals surface area contributed by atoms with Crippen molar-refractivity contribution in [1.29, 1.82) is 0 Å². The van der Waals surface area contributed by atoms with Gasteiger partial charge in [-0.05, 0) is 124 Å². The number of halogens is 3. The van der Waals surface area contributed by atoms with E-state index in [2.05, 4.69) is 46.5 Å². The van der Waals surface area contributed by atoms with Crippen molar-refractivity contribution in [3.63, 3.8) is 0 Å². The van der Waals surface area contributed by atoms with Crippen LogP contribution < -0.4 is 16.2 Å². The normalized spacial score (nSPS) is 15.6. The number of hydrogen-bond acceptors (Lipinski definition) is 10. The summed E-state index contributed by atoms with van der Waals surface area (Å²) in [6.45, 7) is 6.11. The number of aromatic nitrogens is 5. The molecule has 11 nitrogen and oxygen atoms in total. The van der Waals surface area contributed by atoms with Crippen molar-refractivity contribution in [1.82, 2.24) is 24.5 Å². The minimum Gasteiger partial charge on any atom is -0.395 e. The molecule has 14 heteroatoms. The van der Waals surface area contributed by atoms with Gasteiger partial charge >= 0.3 is 0 Å². The second-order valence-electron chi connectivity index (χ2n) is 13.7. The predicted molar refractivity (Wildman–Crippen MR) is 206 cm³/mol. The maximum absolute atomic E-state index is 13.0. The Labute approximate surface area is 315 Å². The minimum absolute atomic E-state index is 0.116. The van der Waals surface area contributed by atoms with E-state index in [9.17, 15) is 20.1 Å². The van der Waals surface area contributed by atoms with E-state index in [-0.39, 0.29) is 24.2 Å². The molecule has 0 saturated heterocycles. The van der Waals surface area contributed by atoms with Crippen LogP contribution in [0.1, 0.15) is 70.4 Å². The Morgan fingerprint density at radius 3 is 1.94 bits per heavy atom. The first-order valence-electron chi connectivity index (χ1n) is 16.7. The highest BCUT2D eigenvalue weighted by molar-refractivity contribution is 9.10. The van der Waals surface area contributed by atoms with Crippen LogP contribution in [0.15, 0.2) is 82.6 Å². The van der Waals surface area contributed by atoms with Crippen molar-refractivity contribution in [2.24, 2.45) is 0 Å². The summed E-state index contributed by atoms with van der Waals surface area (Å²) in [7, 11) is 0. The Hall–Kier alpha value is -3.65. The maximum atomic E-state index is 13.0. The summed E-state index contributed by atoms with van der Waals surface area (Å²) >= 11 is 14.5. The molecule has 5 aromatic rings. The number of aliphatic hydroxyl groups excluding tert-OH is 1. The lowest BCUT2D eigenvalue weighted by molar-refractivity contribution is -0.0391. The van der Waals surface area contributed by atoms with Crippen molar-refractivity contribution in [2.75, 3.05) is 17.2 Å². The van der Waals surface area contributed by atoms with Crippen LogP contribution >= 0.6 is 39.1 Å². The molecule has 270 valence electrons. The molecule has 2 aliphatic rings. The SMILES string of the molecule is CC(C)(C)Nc1nc(Nc2cc(C3(O)CCC3)ccn2)cc2ccn(CCO)c(=O)c12.Clc1cc(Br)ccn1.OC1(c2ccnc(Cl)c2)CCC1. The van der Waals surface area contributed by atoms with Gasteiger partial charge in [-0.2, -0.15) is 0 Å². The molecule has 0 radical (unpaired) electrons. The summed E-state index contributed by atoms with van der Waals surface area (Å²) < 4.78 is 2.44. The summed E-state index contributed by atoms with van der Waals surface area (Å²) in [6, 6.07) is 14.5. The Bertz CT molecular complexity index is 2010. The predicted octanol–water partition coefficient (Wildman–Crippen LogP) is 7.71. The van der Waals surface area contributed by atoms with E-state index in [1.54, 1.807) is 43.0 Å². The molecule has 0 spiro atoms. The summed E-state index contributed by atoms with van der Waals surface area (Å²) in [4.78, 5) is 29.7. The fourth-order valence-electron chi connectivity index (χ4n) is 5.69. The van der Waals surface area contributed by atoms with Gasteiger partial charge in [0, 0.05) is 41.3 Å². The molecule has 7 rings (SSSR count). The van der Waals surface area contributed by atoms with Gasteiger partial charge in [0.25, 0.3) is 5.56 Å². The molecule has 5 heterocycles. The lowest BCUT2D eigenvalue weighted by Gasteiger charge is -2.37. The van der Waals surface area contributed by atoms with E-state index in [0.717, 1.165) is 59.5 Å². The third kappa shape index (κ3) is 10.0. The summed E-state index contributed by atoms with van der Waals surface area (Å²) in [5.74, 6) is 1.60. The summed E-state index contributed by atoms with van der Waals surface area (Å²) in [5, 5.41) is 38.5. The van der Waals surface area contributed by atoms with Crippen LogP contribution in [0.4, 0.5) is 17.5 Å². The van der Waals surface area contributed by atoms with Crippen molar-refractivity contribution in [3.8, 4) is 0 Å². The first-order chi connectivity index (χ1) is 24.2. The molecular formula is C37H42BrCl2N7O4. The number of nitrogens with zero attached hydrogens (tertiary/aromatic N) is 5. The molecule has 5 aromatic heterocycles. The third-order valence-corrected chi connectivity index (χ3v) is 9.57. The Morgan fingerprint density at radius 1 is 0.843 bits per heavy atom. The number of anilines is 3. The molecular weight excluding hydrogens is 757 g/mol. The fraction of sp³-hybridized carbons (Fsp3) is 0.378. The van der Waals surface area contributed by atoms with Gasteiger partial charge in [-0.25, -0.2) is 19.9 Å². The second-order valence-corrected chi connectivity index (χ2v) is 15.4. The molecule has 0 atom stereocenters. The highest BCUT2D eigenvalue weighted by atomic mass is 79.9. The van der Waals surface area contributed by atoms with Gasteiger partial charge in [0.15, 0.2) is 0 Å². The fourth-order valence-corrected chi connectivity index (χ4v) is 6.50. The zero-order valence-electron chi connectivity index (χ0n) is 28.7. The van der Waals surface area contributed by atoms with Crippen LogP contribution in [-0.2, 0) is 17.7 Å². The number of nitrogens with one attached hydrogen (secondary N) is 2. The van der Waals surface area contributed by atoms with Gasteiger partial charge in [0.2, 0.25) is 0 Å². The first kappa shape index (κ1) is 38.6. The number of pyridine rings is 5. The van der Waals surface area contributed by atoms with E-state index in [1.807, 2.05) is 51.1 Å². The van der Waals surface area contributed by atoms with Gasteiger partial charge in [-0.1, -0.05) is 39.1 Å². The van der Waals surface area contributed by atoms with Gasteiger partial charge in [0.05, 0.1) is 23.2 Å². The van der Waals surface area contributed by atoms with Gasteiger partial charge < -0.3 is 30.5 Å². The van der Waals surface area contributed by atoms with Crippen LogP contribution in [-0.4, -0.2) is 52.0 Å². The highest BCUT2D eigenvalue weighted by Gasteiger charge is 2.37. The first-order valence-corrected chi connectivity index (χ1v) is 18.2. The number of hydrogen-bond donors (Lipinski definition) is 5. The van der Waals surface area contributed by atoms with Crippen LogP contribution in [0.25, 0.3) is 10.8 Å². The Morgan fingerprint density at radius 2 is 1.43 bits per heavy atom. The maximum Gasteiger partial charge on any atom is 0.262 e. The van der Waals surface area contributed by atoms with E-state index in [1.165, 1.54) is 4.57 Å². The molecule has 0 unspecified atom stereocenters. The van der Waals surface area contributed by atoms with E-state index < -0.39 is 11.2 Å². The zero-order valence-corrected chi connectivity index (χ0v) is 31.8. The molecule has 51 heavy (non-hydrogen) atoms. The Kier molecular flexibility index (Phi) is 12.4. The largest absolute Gasteiger partial charge is 0.395 e. The molecule has 0 bridgehead atoms. The summed E-state index contributed by atoms with van der Waals surface area (Å²) in [6.07, 6.45) is 11.9. The lowest BCUT2D eigenvalue weighted by atomic mass is 9.75. The molecule has 0 amide bonds. The highest BCUT2D eigenvalue weighted by Crippen LogP contribution is 2.42. The van der Waals surface area contributed by atoms with Crippen molar-refractivity contribution in [2.45, 2.75) is 82.6 Å². The van der Waals surface area contributed by atoms with Crippen molar-refractivity contribution < 1.29 is 15.3 Å². The smallest absolute Gasteiger partial charge is 0.262 e. The van der Waals surface area contributed by atoms with Gasteiger partial charge in [-0.3, -0.25) is 4.79 Å². The third-order valence-electron chi connectivity index (χ3n) is 8.66. The van der Waals surface area contributed by atoms with Crippen LogP contribution in [0.3, 0.4) is 0 Å². The van der Waals surface area contributed by atoms with Crippen LogP contribution in [0, 0.1) is 0 Å².